The Morgan fingerprint density at radius 3 is 2.33 bits per heavy atom. The van der Waals surface area contributed by atoms with Gasteiger partial charge in [0.05, 0.1) is 12.8 Å². The third-order valence-corrected chi connectivity index (χ3v) is 2.59. The normalized spacial score (nSPS) is 9.83. The molecule has 0 saturated heterocycles. The number of nitriles is 1. The van der Waals surface area contributed by atoms with Crippen molar-refractivity contribution in [2.24, 2.45) is 7.05 Å². The molecule has 0 spiro atoms. The minimum Gasteiger partial charge on any atom is -0.497 e. The van der Waals surface area contributed by atoms with E-state index in [1.807, 2.05) is 6.07 Å². The minimum absolute atomic E-state index is 0.435. The highest BCUT2D eigenvalue weighted by Gasteiger charge is 2.12. The lowest BCUT2D eigenvalue weighted by atomic mass is 10.3. The number of nitrogen functional groups attached to an aromatic ring is 1. The molecule has 0 radical (unpaired) electrons. The lowest BCUT2D eigenvalue weighted by Crippen LogP contribution is -1.97. The van der Waals surface area contributed by atoms with E-state index in [2.05, 4.69) is 0 Å². The monoisotopic (exact) mass is 243 g/mol. The summed E-state index contributed by atoms with van der Waals surface area (Å²) in [5.74, 6) is 1.84. The van der Waals surface area contributed by atoms with Crippen LogP contribution in [-0.4, -0.2) is 11.7 Å². The Balaban J connectivity index is 2.28. The van der Waals surface area contributed by atoms with Gasteiger partial charge in [-0.2, -0.15) is 5.26 Å². The average molecular weight is 243 g/mol. The number of nitrogens with zero attached hydrogens (tertiary/aromatic N) is 2. The summed E-state index contributed by atoms with van der Waals surface area (Å²) in [6.45, 7) is 0. The van der Waals surface area contributed by atoms with Crippen LogP contribution in [-0.2, 0) is 7.05 Å². The van der Waals surface area contributed by atoms with Crippen LogP contribution in [0.4, 0.5) is 5.69 Å². The number of benzene rings is 1. The van der Waals surface area contributed by atoms with Crippen molar-refractivity contribution in [1.82, 2.24) is 4.57 Å². The highest BCUT2D eigenvalue weighted by atomic mass is 16.5. The number of ether oxygens (including phenoxy) is 2. The van der Waals surface area contributed by atoms with Crippen molar-refractivity contribution in [3.05, 3.63) is 36.0 Å². The number of aromatic nitrogens is 1. The highest BCUT2D eigenvalue weighted by molar-refractivity contribution is 5.56. The fraction of sp³-hybridized carbons (Fsp3) is 0.154. The van der Waals surface area contributed by atoms with Crippen LogP contribution in [0.2, 0.25) is 0 Å². The molecule has 5 heteroatoms. The van der Waals surface area contributed by atoms with Crippen molar-refractivity contribution in [3.63, 3.8) is 0 Å². The fourth-order valence-electron chi connectivity index (χ4n) is 1.60. The largest absolute Gasteiger partial charge is 0.497 e. The molecule has 5 nitrogen and oxygen atoms in total. The smallest absolute Gasteiger partial charge is 0.224 e. The zero-order valence-electron chi connectivity index (χ0n) is 10.2. The number of hydrogen-bond acceptors (Lipinski definition) is 4. The Labute approximate surface area is 105 Å². The summed E-state index contributed by atoms with van der Waals surface area (Å²) in [4.78, 5) is 0. The molecule has 1 aromatic carbocycles. The third kappa shape index (κ3) is 2.09. The van der Waals surface area contributed by atoms with E-state index < -0.39 is 0 Å². The van der Waals surface area contributed by atoms with E-state index in [1.165, 1.54) is 0 Å². The molecule has 0 aliphatic heterocycles. The summed E-state index contributed by atoms with van der Waals surface area (Å²) in [6.07, 6.45) is 0. The summed E-state index contributed by atoms with van der Waals surface area (Å²) < 4.78 is 12.3. The molecular weight excluding hydrogens is 230 g/mol. The van der Waals surface area contributed by atoms with Crippen molar-refractivity contribution in [2.45, 2.75) is 0 Å². The Hall–Kier alpha value is -2.61. The van der Waals surface area contributed by atoms with E-state index in [-0.39, 0.29) is 0 Å². The summed E-state index contributed by atoms with van der Waals surface area (Å²) in [7, 11) is 3.33. The Bertz CT molecular complexity index is 594. The first-order valence-corrected chi connectivity index (χ1v) is 5.33. The quantitative estimate of drug-likeness (QED) is 0.897. The van der Waals surface area contributed by atoms with E-state index in [4.69, 9.17) is 20.5 Å². The Kier molecular flexibility index (Phi) is 3.11. The van der Waals surface area contributed by atoms with Crippen LogP contribution in [0.25, 0.3) is 0 Å². The molecule has 0 unspecified atom stereocenters. The van der Waals surface area contributed by atoms with Crippen molar-refractivity contribution < 1.29 is 9.47 Å². The molecule has 0 fully saturated rings. The van der Waals surface area contributed by atoms with Gasteiger partial charge in [-0.25, -0.2) is 0 Å². The molecule has 0 bridgehead atoms. The summed E-state index contributed by atoms with van der Waals surface area (Å²) in [5, 5.41) is 8.89. The first-order chi connectivity index (χ1) is 8.65. The van der Waals surface area contributed by atoms with Gasteiger partial charge in [0.2, 0.25) is 5.88 Å². The summed E-state index contributed by atoms with van der Waals surface area (Å²) in [6, 6.07) is 10.8. The predicted molar refractivity (Wildman–Crippen MR) is 67.6 cm³/mol. The SMILES string of the molecule is COc1ccc(Oc2c(N)cc(C#N)n2C)cc1. The first-order valence-electron chi connectivity index (χ1n) is 5.33. The fourth-order valence-corrected chi connectivity index (χ4v) is 1.60. The van der Waals surface area contributed by atoms with E-state index in [9.17, 15) is 0 Å². The third-order valence-electron chi connectivity index (χ3n) is 2.59. The Morgan fingerprint density at radius 1 is 1.22 bits per heavy atom. The van der Waals surface area contributed by atoms with Crippen molar-refractivity contribution in [2.75, 3.05) is 12.8 Å². The second-order valence-electron chi connectivity index (χ2n) is 3.74. The van der Waals surface area contributed by atoms with Gasteiger partial charge >= 0.3 is 0 Å². The van der Waals surface area contributed by atoms with Crippen LogP contribution >= 0.6 is 0 Å². The summed E-state index contributed by atoms with van der Waals surface area (Å²) >= 11 is 0. The molecule has 1 heterocycles. The number of anilines is 1. The van der Waals surface area contributed by atoms with Crippen LogP contribution < -0.4 is 15.2 Å². The first kappa shape index (κ1) is 11.9. The van der Waals surface area contributed by atoms with E-state index in [0.717, 1.165) is 5.75 Å². The predicted octanol–water partition coefficient (Wildman–Crippen LogP) is 2.28. The van der Waals surface area contributed by atoms with E-state index in [0.29, 0.717) is 23.0 Å². The number of hydrogen-bond donors (Lipinski definition) is 1. The molecule has 0 aliphatic carbocycles. The highest BCUT2D eigenvalue weighted by Crippen LogP contribution is 2.30. The Morgan fingerprint density at radius 2 is 1.83 bits per heavy atom. The van der Waals surface area contributed by atoms with Gasteiger partial charge in [-0.3, -0.25) is 0 Å². The van der Waals surface area contributed by atoms with E-state index in [1.54, 1.807) is 49.1 Å². The van der Waals surface area contributed by atoms with Crippen LogP contribution in [0.15, 0.2) is 30.3 Å². The number of nitrogens with two attached hydrogens (primary N) is 1. The molecule has 0 aliphatic rings. The second-order valence-corrected chi connectivity index (χ2v) is 3.74. The van der Waals surface area contributed by atoms with Gasteiger partial charge in [-0.05, 0) is 24.3 Å². The van der Waals surface area contributed by atoms with Gasteiger partial charge in [-0.1, -0.05) is 0 Å². The van der Waals surface area contributed by atoms with Crippen LogP contribution in [0.3, 0.4) is 0 Å². The topological polar surface area (TPSA) is 73.2 Å². The number of rotatable bonds is 3. The average Bonchev–Trinajstić information content (AvgIpc) is 2.67. The van der Waals surface area contributed by atoms with Crippen LogP contribution in [0.1, 0.15) is 5.69 Å². The minimum atomic E-state index is 0.435. The zero-order valence-corrected chi connectivity index (χ0v) is 10.2. The molecule has 2 aromatic rings. The molecule has 1 aromatic heterocycles. The number of methoxy groups -OCH3 is 1. The molecule has 2 rings (SSSR count). The van der Waals surface area contributed by atoms with Crippen molar-refractivity contribution in [3.8, 4) is 23.4 Å². The maximum absolute atomic E-state index is 8.89. The van der Waals surface area contributed by atoms with Gasteiger partial charge in [0.25, 0.3) is 0 Å². The van der Waals surface area contributed by atoms with Gasteiger partial charge in [0.15, 0.2) is 0 Å². The molecular formula is C13H13N3O2. The molecule has 0 atom stereocenters. The maximum Gasteiger partial charge on any atom is 0.224 e. The van der Waals surface area contributed by atoms with Crippen molar-refractivity contribution in [1.29, 1.82) is 5.26 Å². The standard InChI is InChI=1S/C13H13N3O2/c1-16-9(8-14)7-12(15)13(16)18-11-5-3-10(17-2)4-6-11/h3-7H,15H2,1-2H3. The molecule has 0 amide bonds. The lowest BCUT2D eigenvalue weighted by Gasteiger charge is -2.08. The lowest BCUT2D eigenvalue weighted by molar-refractivity contribution is 0.411. The summed E-state index contributed by atoms with van der Waals surface area (Å²) in [5.41, 5.74) is 6.69. The molecule has 92 valence electrons. The zero-order chi connectivity index (χ0) is 13.1. The molecule has 2 N–H and O–H groups in total. The maximum atomic E-state index is 8.89. The second kappa shape index (κ2) is 4.72. The molecule has 18 heavy (non-hydrogen) atoms. The van der Waals surface area contributed by atoms with Gasteiger partial charge in [0.1, 0.15) is 23.3 Å². The van der Waals surface area contributed by atoms with Crippen LogP contribution in [0, 0.1) is 11.3 Å². The molecule has 0 saturated carbocycles. The van der Waals surface area contributed by atoms with Gasteiger partial charge in [-0.15, -0.1) is 0 Å². The van der Waals surface area contributed by atoms with E-state index >= 15 is 0 Å². The van der Waals surface area contributed by atoms with Crippen molar-refractivity contribution >= 4 is 5.69 Å². The van der Waals surface area contributed by atoms with Gasteiger partial charge < -0.3 is 19.8 Å². The van der Waals surface area contributed by atoms with Gasteiger partial charge in [0, 0.05) is 13.1 Å². The van der Waals surface area contributed by atoms with Crippen LogP contribution in [0.5, 0.6) is 17.4 Å².